The van der Waals surface area contributed by atoms with Gasteiger partial charge >= 0.3 is 0 Å². The molecule has 0 saturated heterocycles. The van der Waals surface area contributed by atoms with E-state index in [0.717, 1.165) is 17.7 Å². The molecule has 2 aromatic carbocycles. The molecular formula is C29H26Cl2N6O2. The number of carbonyl (C=O) groups is 1. The molecule has 0 atom stereocenters. The molecule has 10 heteroatoms. The SMILES string of the molecule is C/C(=C/n1nc(-c2cccc(-c3cccc(-c4cc5c(=O)n(C)c(C)cn5n4)c3Cl)c2Cl)cc1C=O)N(C)C. The van der Waals surface area contributed by atoms with Gasteiger partial charge in [-0.05, 0) is 26.0 Å². The summed E-state index contributed by atoms with van der Waals surface area (Å²) in [6.07, 6.45) is 4.35. The zero-order valence-corrected chi connectivity index (χ0v) is 23.6. The number of aryl methyl sites for hydroxylation is 1. The molecular weight excluding hydrogens is 535 g/mol. The third kappa shape index (κ3) is 4.66. The summed E-state index contributed by atoms with van der Waals surface area (Å²) >= 11 is 13.9. The van der Waals surface area contributed by atoms with Gasteiger partial charge in [0.1, 0.15) is 11.2 Å². The zero-order chi connectivity index (χ0) is 28.0. The van der Waals surface area contributed by atoms with Crippen LogP contribution < -0.4 is 5.56 Å². The fraction of sp³-hybridized carbons (Fsp3) is 0.172. The van der Waals surface area contributed by atoms with Crippen molar-refractivity contribution in [3.05, 3.63) is 92.2 Å². The van der Waals surface area contributed by atoms with Crippen molar-refractivity contribution in [3.63, 3.8) is 0 Å². The van der Waals surface area contributed by atoms with E-state index < -0.39 is 0 Å². The Morgan fingerprint density at radius 1 is 0.923 bits per heavy atom. The minimum atomic E-state index is -0.137. The summed E-state index contributed by atoms with van der Waals surface area (Å²) in [5, 5.41) is 10.1. The standard InChI is InChI=1S/C29H26Cl2N6O2/c1-17(34(3)4)14-36-19(16-38)12-24(32-36)22-10-6-8-20(27(22)30)21-9-7-11-23(28(21)31)25-13-26-29(39)35(5)18(2)15-37(26)33-25/h6-16H,1-5H3/b17-14-. The smallest absolute Gasteiger partial charge is 0.276 e. The third-order valence-electron chi connectivity index (χ3n) is 6.84. The second-order valence-corrected chi connectivity index (χ2v) is 10.3. The number of halogens is 2. The van der Waals surface area contributed by atoms with Crippen LogP contribution in [0.1, 0.15) is 23.1 Å². The molecule has 39 heavy (non-hydrogen) atoms. The van der Waals surface area contributed by atoms with E-state index in [1.54, 1.807) is 45.3 Å². The molecule has 0 spiro atoms. The Kier molecular flexibility index (Phi) is 6.92. The molecule has 0 aliphatic heterocycles. The summed E-state index contributed by atoms with van der Waals surface area (Å²) in [6.45, 7) is 3.78. The second-order valence-electron chi connectivity index (χ2n) is 9.51. The lowest BCUT2D eigenvalue weighted by molar-refractivity contribution is 0.111. The first-order chi connectivity index (χ1) is 18.6. The summed E-state index contributed by atoms with van der Waals surface area (Å²) < 4.78 is 4.71. The van der Waals surface area contributed by atoms with Gasteiger partial charge in [0.15, 0.2) is 6.29 Å². The predicted molar refractivity (Wildman–Crippen MR) is 156 cm³/mol. The van der Waals surface area contributed by atoms with Crippen molar-refractivity contribution in [2.24, 2.45) is 7.05 Å². The number of hydrogen-bond donors (Lipinski definition) is 0. The number of carbonyl (C=O) groups excluding carboxylic acids is 1. The van der Waals surface area contributed by atoms with Crippen LogP contribution in [0.3, 0.4) is 0 Å². The molecule has 0 radical (unpaired) electrons. The number of hydrogen-bond acceptors (Lipinski definition) is 5. The minimum absolute atomic E-state index is 0.137. The average molecular weight is 561 g/mol. The second kappa shape index (κ2) is 10.2. The normalized spacial score (nSPS) is 11.8. The van der Waals surface area contributed by atoms with Crippen molar-refractivity contribution >= 4 is 41.2 Å². The van der Waals surface area contributed by atoms with Gasteiger partial charge in [-0.2, -0.15) is 10.2 Å². The molecule has 0 aliphatic rings. The van der Waals surface area contributed by atoms with Gasteiger partial charge in [-0.15, -0.1) is 0 Å². The zero-order valence-electron chi connectivity index (χ0n) is 22.1. The van der Waals surface area contributed by atoms with Crippen LogP contribution in [0.4, 0.5) is 0 Å². The van der Waals surface area contributed by atoms with Gasteiger partial charge in [-0.1, -0.05) is 59.6 Å². The van der Waals surface area contributed by atoms with Crippen LogP contribution in [0.25, 0.3) is 45.4 Å². The quantitative estimate of drug-likeness (QED) is 0.237. The van der Waals surface area contributed by atoms with E-state index in [-0.39, 0.29) is 5.56 Å². The van der Waals surface area contributed by atoms with Crippen molar-refractivity contribution in [1.82, 2.24) is 28.9 Å². The molecule has 5 aromatic rings. The number of allylic oxidation sites excluding steroid dienone is 1. The van der Waals surface area contributed by atoms with E-state index in [1.807, 2.05) is 69.2 Å². The molecule has 0 unspecified atom stereocenters. The topological polar surface area (TPSA) is 77.4 Å². The highest BCUT2D eigenvalue weighted by Crippen LogP contribution is 2.42. The Morgan fingerprint density at radius 3 is 2.05 bits per heavy atom. The molecule has 5 rings (SSSR count). The Balaban J connectivity index is 1.61. The molecule has 8 nitrogen and oxygen atoms in total. The first kappa shape index (κ1) is 26.5. The number of aldehydes is 1. The van der Waals surface area contributed by atoms with Crippen LogP contribution in [0.5, 0.6) is 0 Å². The minimum Gasteiger partial charge on any atom is -0.380 e. The van der Waals surface area contributed by atoms with Crippen molar-refractivity contribution in [3.8, 4) is 33.6 Å². The fourth-order valence-electron chi connectivity index (χ4n) is 4.28. The number of nitrogens with zero attached hydrogens (tertiary/aromatic N) is 6. The fourth-order valence-corrected chi connectivity index (χ4v) is 4.93. The largest absolute Gasteiger partial charge is 0.380 e. The molecule has 3 aromatic heterocycles. The van der Waals surface area contributed by atoms with E-state index in [2.05, 4.69) is 10.2 Å². The van der Waals surface area contributed by atoms with E-state index in [9.17, 15) is 9.59 Å². The summed E-state index contributed by atoms with van der Waals surface area (Å²) in [5.74, 6) is 0. The molecule has 0 amide bonds. The molecule has 3 heterocycles. The van der Waals surface area contributed by atoms with Crippen LogP contribution in [0.15, 0.2) is 65.2 Å². The van der Waals surface area contributed by atoms with Gasteiger partial charge in [0, 0.05) is 67.2 Å². The molecule has 0 bridgehead atoms. The molecule has 0 aliphatic carbocycles. The van der Waals surface area contributed by atoms with Crippen molar-refractivity contribution in [2.45, 2.75) is 13.8 Å². The lowest BCUT2D eigenvalue weighted by Crippen LogP contribution is -2.20. The number of rotatable bonds is 6. The molecule has 0 N–H and O–H groups in total. The highest BCUT2D eigenvalue weighted by molar-refractivity contribution is 6.39. The van der Waals surface area contributed by atoms with Crippen LogP contribution in [0.2, 0.25) is 10.0 Å². The summed E-state index contributed by atoms with van der Waals surface area (Å²) in [5.41, 5.74) is 6.34. The molecule has 0 fully saturated rings. The van der Waals surface area contributed by atoms with E-state index in [1.165, 1.54) is 0 Å². The summed E-state index contributed by atoms with van der Waals surface area (Å²) in [7, 11) is 5.57. The maximum Gasteiger partial charge on any atom is 0.276 e. The van der Waals surface area contributed by atoms with Gasteiger partial charge in [-0.25, -0.2) is 9.20 Å². The molecule has 198 valence electrons. The van der Waals surface area contributed by atoms with Crippen LogP contribution in [0, 0.1) is 6.92 Å². The van der Waals surface area contributed by atoms with E-state index >= 15 is 0 Å². The van der Waals surface area contributed by atoms with Gasteiger partial charge in [0.2, 0.25) is 0 Å². The maximum absolute atomic E-state index is 12.7. The highest BCUT2D eigenvalue weighted by atomic mass is 35.5. The van der Waals surface area contributed by atoms with Gasteiger partial charge in [0.25, 0.3) is 5.56 Å². The summed E-state index contributed by atoms with van der Waals surface area (Å²) in [6, 6.07) is 14.7. The average Bonchev–Trinajstić information content (AvgIpc) is 3.52. The van der Waals surface area contributed by atoms with Crippen LogP contribution in [-0.4, -0.2) is 49.2 Å². The monoisotopic (exact) mass is 560 g/mol. The Labute approximate surface area is 235 Å². The predicted octanol–water partition coefficient (Wildman–Crippen LogP) is 6.04. The maximum atomic E-state index is 12.7. The number of benzene rings is 2. The number of fused-ring (bicyclic) bond motifs is 1. The lowest BCUT2D eigenvalue weighted by Gasteiger charge is -2.13. The van der Waals surface area contributed by atoms with Crippen molar-refractivity contribution in [1.29, 1.82) is 0 Å². The van der Waals surface area contributed by atoms with Gasteiger partial charge in [-0.3, -0.25) is 9.59 Å². The summed E-state index contributed by atoms with van der Waals surface area (Å²) in [4.78, 5) is 26.4. The lowest BCUT2D eigenvalue weighted by atomic mass is 9.98. The third-order valence-corrected chi connectivity index (χ3v) is 7.65. The van der Waals surface area contributed by atoms with Crippen LogP contribution >= 0.6 is 23.2 Å². The number of aromatic nitrogens is 5. The van der Waals surface area contributed by atoms with Gasteiger partial charge in [0.05, 0.1) is 21.4 Å². The van der Waals surface area contributed by atoms with Crippen molar-refractivity contribution in [2.75, 3.05) is 14.1 Å². The Bertz CT molecular complexity index is 1840. The highest BCUT2D eigenvalue weighted by Gasteiger charge is 2.19. The first-order valence-corrected chi connectivity index (χ1v) is 12.9. The Hall–Kier alpha value is -4.14. The van der Waals surface area contributed by atoms with E-state index in [4.69, 9.17) is 23.2 Å². The van der Waals surface area contributed by atoms with Crippen molar-refractivity contribution < 1.29 is 4.79 Å². The Morgan fingerprint density at radius 2 is 1.49 bits per heavy atom. The van der Waals surface area contributed by atoms with Crippen LogP contribution in [-0.2, 0) is 7.05 Å². The first-order valence-electron chi connectivity index (χ1n) is 12.1. The van der Waals surface area contributed by atoms with E-state index in [0.29, 0.717) is 54.9 Å². The van der Waals surface area contributed by atoms with Gasteiger partial charge < -0.3 is 9.47 Å². The molecule has 0 saturated carbocycles.